The lowest BCUT2D eigenvalue weighted by molar-refractivity contribution is -0.0287. The number of urea groups is 1. The first-order valence-electron chi connectivity index (χ1n) is 10.7. The first kappa shape index (κ1) is 21.2. The average Bonchev–Trinajstić information content (AvgIpc) is 2.82. The van der Waals surface area contributed by atoms with Crippen molar-refractivity contribution in [3.05, 3.63) is 77.9 Å². The van der Waals surface area contributed by atoms with Gasteiger partial charge in [0.25, 0.3) is 0 Å². The normalized spacial score (nSPS) is 16.7. The molecule has 1 aliphatic heterocycles. The molecule has 1 heterocycles. The molecule has 6 nitrogen and oxygen atoms in total. The van der Waals surface area contributed by atoms with E-state index in [0.29, 0.717) is 19.7 Å². The zero-order valence-corrected chi connectivity index (χ0v) is 17.8. The zero-order valence-electron chi connectivity index (χ0n) is 17.8. The summed E-state index contributed by atoms with van der Waals surface area (Å²) in [6, 6.07) is 22.4. The van der Waals surface area contributed by atoms with E-state index in [2.05, 4.69) is 45.9 Å². The Kier molecular flexibility index (Phi) is 7.02. The molecular formula is C25H29N3O3. The van der Waals surface area contributed by atoms with Crippen molar-refractivity contribution in [3.63, 3.8) is 0 Å². The summed E-state index contributed by atoms with van der Waals surface area (Å²) in [5.74, 6) is 0.838. The van der Waals surface area contributed by atoms with Crippen LogP contribution in [0.25, 0.3) is 10.8 Å². The second kappa shape index (κ2) is 10.3. The van der Waals surface area contributed by atoms with Crippen LogP contribution in [0.2, 0.25) is 0 Å². The van der Waals surface area contributed by atoms with Gasteiger partial charge in [-0.15, -0.1) is 0 Å². The summed E-state index contributed by atoms with van der Waals surface area (Å²) < 4.78 is 11.1. The Bertz CT molecular complexity index is 1010. The van der Waals surface area contributed by atoms with Crippen LogP contribution in [0.4, 0.5) is 4.79 Å². The second-order valence-corrected chi connectivity index (χ2v) is 7.82. The number of carbonyl (C=O) groups excluding carboxylic acids is 1. The van der Waals surface area contributed by atoms with Crippen LogP contribution in [0.1, 0.15) is 11.1 Å². The zero-order chi connectivity index (χ0) is 21.5. The Balaban J connectivity index is 1.22. The summed E-state index contributed by atoms with van der Waals surface area (Å²) in [6.45, 7) is 4.27. The van der Waals surface area contributed by atoms with Gasteiger partial charge < -0.3 is 20.1 Å². The van der Waals surface area contributed by atoms with Crippen LogP contribution >= 0.6 is 0 Å². The van der Waals surface area contributed by atoms with Crippen LogP contribution in [-0.2, 0) is 17.8 Å². The third kappa shape index (κ3) is 5.96. The van der Waals surface area contributed by atoms with Crippen molar-refractivity contribution in [3.8, 4) is 5.75 Å². The van der Waals surface area contributed by atoms with E-state index in [-0.39, 0.29) is 12.1 Å². The molecule has 162 valence electrons. The number of nitrogens with one attached hydrogen (secondary N) is 2. The van der Waals surface area contributed by atoms with Gasteiger partial charge >= 0.3 is 6.03 Å². The van der Waals surface area contributed by atoms with Gasteiger partial charge in [-0.25, -0.2) is 4.79 Å². The number of methoxy groups -OCH3 is 1. The highest BCUT2D eigenvalue weighted by molar-refractivity contribution is 5.84. The maximum absolute atomic E-state index is 12.3. The minimum absolute atomic E-state index is 0.00105. The fraction of sp³-hybridized carbons (Fsp3) is 0.320. The molecule has 6 heteroatoms. The summed E-state index contributed by atoms with van der Waals surface area (Å²) in [4.78, 5) is 14.6. The van der Waals surface area contributed by atoms with Gasteiger partial charge in [0.05, 0.1) is 19.8 Å². The van der Waals surface area contributed by atoms with Gasteiger partial charge in [-0.1, -0.05) is 48.5 Å². The maximum atomic E-state index is 12.3. The number of ether oxygens (including phenoxy) is 2. The molecule has 1 fully saturated rings. The van der Waals surface area contributed by atoms with Gasteiger partial charge in [0.15, 0.2) is 0 Å². The number of fused-ring (bicyclic) bond motifs is 1. The number of amides is 2. The number of hydrogen-bond acceptors (Lipinski definition) is 4. The van der Waals surface area contributed by atoms with Crippen LogP contribution in [0.15, 0.2) is 66.7 Å². The van der Waals surface area contributed by atoms with Crippen molar-refractivity contribution in [2.45, 2.75) is 19.2 Å². The lowest BCUT2D eigenvalue weighted by Gasteiger charge is -2.33. The van der Waals surface area contributed by atoms with E-state index >= 15 is 0 Å². The molecule has 1 saturated heterocycles. The van der Waals surface area contributed by atoms with Gasteiger partial charge in [-0.05, 0) is 40.1 Å². The minimum atomic E-state index is -0.182. The molecule has 3 aromatic rings. The Morgan fingerprint density at radius 2 is 1.84 bits per heavy atom. The Labute approximate surface area is 183 Å². The third-order valence-corrected chi connectivity index (χ3v) is 5.53. The lowest BCUT2D eigenvalue weighted by atomic mass is 10.1. The fourth-order valence-electron chi connectivity index (χ4n) is 3.85. The topological polar surface area (TPSA) is 62.8 Å². The fourth-order valence-corrected chi connectivity index (χ4v) is 3.85. The molecule has 2 N–H and O–H groups in total. The van der Waals surface area contributed by atoms with Crippen molar-refractivity contribution >= 4 is 16.8 Å². The van der Waals surface area contributed by atoms with Gasteiger partial charge in [-0.2, -0.15) is 0 Å². The third-order valence-electron chi connectivity index (χ3n) is 5.53. The largest absolute Gasteiger partial charge is 0.497 e. The molecule has 4 rings (SSSR count). The van der Waals surface area contributed by atoms with Crippen LogP contribution < -0.4 is 15.4 Å². The molecule has 3 aromatic carbocycles. The Morgan fingerprint density at radius 3 is 2.68 bits per heavy atom. The number of benzene rings is 3. The second-order valence-electron chi connectivity index (χ2n) is 7.82. The SMILES string of the molecule is COc1ccc2cc(CNC(=O)NCC3CN(Cc4ccccc4)CCO3)ccc2c1. The molecule has 0 saturated carbocycles. The van der Waals surface area contributed by atoms with E-state index < -0.39 is 0 Å². The van der Waals surface area contributed by atoms with Crippen molar-refractivity contribution in [1.82, 2.24) is 15.5 Å². The lowest BCUT2D eigenvalue weighted by Crippen LogP contribution is -2.48. The van der Waals surface area contributed by atoms with Crippen LogP contribution in [-0.4, -0.2) is 50.4 Å². The van der Waals surface area contributed by atoms with Crippen LogP contribution in [0.5, 0.6) is 5.75 Å². The van der Waals surface area contributed by atoms with Crippen molar-refractivity contribution in [2.75, 3.05) is 33.4 Å². The number of nitrogens with zero attached hydrogens (tertiary/aromatic N) is 1. The van der Waals surface area contributed by atoms with Gasteiger partial charge in [-0.3, -0.25) is 4.90 Å². The molecule has 0 bridgehead atoms. The smallest absolute Gasteiger partial charge is 0.315 e. The van der Waals surface area contributed by atoms with E-state index in [1.165, 1.54) is 5.56 Å². The predicted molar refractivity (Wildman–Crippen MR) is 122 cm³/mol. The summed E-state index contributed by atoms with van der Waals surface area (Å²) in [5, 5.41) is 8.11. The number of morpholine rings is 1. The van der Waals surface area contributed by atoms with Crippen molar-refractivity contribution < 1.29 is 14.3 Å². The van der Waals surface area contributed by atoms with Crippen LogP contribution in [0.3, 0.4) is 0 Å². The average molecular weight is 420 g/mol. The molecule has 1 aliphatic rings. The molecule has 0 spiro atoms. The highest BCUT2D eigenvalue weighted by Crippen LogP contribution is 2.21. The highest BCUT2D eigenvalue weighted by Gasteiger charge is 2.21. The molecular weight excluding hydrogens is 390 g/mol. The van der Waals surface area contributed by atoms with Crippen LogP contribution in [0, 0.1) is 0 Å². The highest BCUT2D eigenvalue weighted by atomic mass is 16.5. The van der Waals surface area contributed by atoms with Crippen molar-refractivity contribution in [2.24, 2.45) is 0 Å². The first-order valence-corrected chi connectivity index (χ1v) is 10.7. The van der Waals surface area contributed by atoms with Gasteiger partial charge in [0.1, 0.15) is 5.75 Å². The Morgan fingerprint density at radius 1 is 1.03 bits per heavy atom. The first-order chi connectivity index (χ1) is 15.2. The number of carbonyl (C=O) groups is 1. The summed E-state index contributed by atoms with van der Waals surface area (Å²) in [6.07, 6.45) is -0.00105. The molecule has 0 radical (unpaired) electrons. The van der Waals surface area contributed by atoms with E-state index in [1.54, 1.807) is 7.11 Å². The molecule has 31 heavy (non-hydrogen) atoms. The summed E-state index contributed by atoms with van der Waals surface area (Å²) >= 11 is 0. The molecule has 1 atom stereocenters. The predicted octanol–water partition coefficient (Wildman–Crippen LogP) is 3.55. The minimum Gasteiger partial charge on any atom is -0.497 e. The van der Waals surface area contributed by atoms with Gasteiger partial charge in [0, 0.05) is 32.7 Å². The monoisotopic (exact) mass is 419 g/mol. The number of rotatable bonds is 7. The molecule has 0 aromatic heterocycles. The van der Waals surface area contributed by atoms with Gasteiger partial charge in [0.2, 0.25) is 0 Å². The summed E-state index contributed by atoms with van der Waals surface area (Å²) in [5.41, 5.74) is 2.35. The van der Waals surface area contributed by atoms with E-state index in [9.17, 15) is 4.79 Å². The standard InChI is InChI=1S/C25H29N3O3/c1-30-23-10-9-21-13-20(7-8-22(21)14-23)15-26-25(29)27-16-24-18-28(11-12-31-24)17-19-5-3-2-4-6-19/h2-10,13-14,24H,11-12,15-18H2,1H3,(H2,26,27,29). The Hall–Kier alpha value is -3.09. The van der Waals surface area contributed by atoms with E-state index in [0.717, 1.165) is 41.7 Å². The van der Waals surface area contributed by atoms with E-state index in [4.69, 9.17) is 9.47 Å². The molecule has 2 amide bonds. The molecule has 1 unspecified atom stereocenters. The summed E-state index contributed by atoms with van der Waals surface area (Å²) in [7, 11) is 1.66. The molecule has 0 aliphatic carbocycles. The number of hydrogen-bond donors (Lipinski definition) is 2. The van der Waals surface area contributed by atoms with E-state index in [1.807, 2.05) is 36.4 Å². The van der Waals surface area contributed by atoms with Crippen molar-refractivity contribution in [1.29, 1.82) is 0 Å². The quantitative estimate of drug-likeness (QED) is 0.615. The maximum Gasteiger partial charge on any atom is 0.315 e.